The van der Waals surface area contributed by atoms with E-state index >= 15 is 0 Å². The molecule has 6 nitrogen and oxygen atoms in total. The molecule has 0 unspecified atom stereocenters. The monoisotopic (exact) mass is 548 g/mol. The van der Waals surface area contributed by atoms with Crippen LogP contribution in [0.25, 0.3) is 0 Å². The Labute approximate surface area is 220 Å². The van der Waals surface area contributed by atoms with Crippen LogP contribution in [0.5, 0.6) is 17.4 Å². The van der Waals surface area contributed by atoms with Gasteiger partial charge < -0.3 is 19.0 Å². The minimum Gasteiger partial charge on any atom is -0.490 e. The molecule has 1 heterocycles. The second-order valence-corrected chi connectivity index (χ2v) is 8.93. The lowest BCUT2D eigenvalue weighted by Crippen LogP contribution is -2.04. The predicted molar refractivity (Wildman–Crippen MR) is 139 cm³/mol. The molecule has 0 amide bonds. The quantitative estimate of drug-likeness (QED) is 0.122. The number of halogens is 4. The Balaban J connectivity index is 1.64. The fourth-order valence-corrected chi connectivity index (χ4v) is 3.29. The zero-order chi connectivity index (χ0) is 24.6. The molecule has 0 spiro atoms. The lowest BCUT2D eigenvalue weighted by Gasteiger charge is -2.12. The van der Waals surface area contributed by atoms with Gasteiger partial charge in [-0.3, -0.25) is 0 Å². The van der Waals surface area contributed by atoms with E-state index in [0.717, 1.165) is 31.2 Å². The molecule has 0 aliphatic rings. The third-order valence-electron chi connectivity index (χ3n) is 4.36. The maximum Gasteiger partial charge on any atom is 0.213 e. The molecule has 1 aromatic heterocycles. The van der Waals surface area contributed by atoms with Crippen LogP contribution in [-0.4, -0.2) is 37.6 Å². The summed E-state index contributed by atoms with van der Waals surface area (Å²) in [4.78, 5) is 9.47. The lowest BCUT2D eigenvalue weighted by atomic mass is 10.2. The zero-order valence-corrected chi connectivity index (χ0v) is 22.0. The average Bonchev–Trinajstić information content (AvgIpc) is 2.80. The first-order valence-corrected chi connectivity index (χ1v) is 12.5. The van der Waals surface area contributed by atoms with Gasteiger partial charge in [0.2, 0.25) is 5.88 Å². The number of ether oxygens (including phenoxy) is 3. The minimum atomic E-state index is 0.128. The van der Waals surface area contributed by atoms with Gasteiger partial charge in [-0.15, -0.1) is 0 Å². The van der Waals surface area contributed by atoms with Gasteiger partial charge in [-0.2, -0.15) is 0 Å². The standard InChI is InChI=1S/C24H28Cl4N2O4/c1-2-3-13-34-30-10-8-18-6-7-23(29-17-18)32-11-4-5-12-33-24-20(25)15-19(16-21(24)26)31-14-9-22(27)28/h6-7,9-10,15-17H,2-5,8,11-14H2,1H3. The van der Waals surface area contributed by atoms with Gasteiger partial charge in [0.25, 0.3) is 0 Å². The molecule has 186 valence electrons. The van der Waals surface area contributed by atoms with Crippen molar-refractivity contribution in [2.75, 3.05) is 26.4 Å². The van der Waals surface area contributed by atoms with E-state index in [1.807, 2.05) is 12.1 Å². The van der Waals surface area contributed by atoms with Gasteiger partial charge in [0, 0.05) is 37.0 Å². The van der Waals surface area contributed by atoms with Crippen molar-refractivity contribution < 1.29 is 19.0 Å². The number of pyridine rings is 1. The number of oxime groups is 1. The van der Waals surface area contributed by atoms with E-state index in [2.05, 4.69) is 17.1 Å². The van der Waals surface area contributed by atoms with Gasteiger partial charge in [-0.1, -0.05) is 71.0 Å². The van der Waals surface area contributed by atoms with Crippen LogP contribution >= 0.6 is 46.4 Å². The van der Waals surface area contributed by atoms with E-state index < -0.39 is 0 Å². The van der Waals surface area contributed by atoms with E-state index in [4.69, 9.17) is 65.5 Å². The smallest absolute Gasteiger partial charge is 0.213 e. The first kappa shape index (κ1) is 28.4. The molecule has 2 aromatic rings. The normalized spacial score (nSPS) is 10.9. The van der Waals surface area contributed by atoms with Crippen molar-refractivity contribution in [1.29, 1.82) is 0 Å². The zero-order valence-electron chi connectivity index (χ0n) is 18.9. The Morgan fingerprint density at radius 2 is 1.71 bits per heavy atom. The number of benzene rings is 1. The maximum absolute atomic E-state index is 6.26. The highest BCUT2D eigenvalue weighted by atomic mass is 35.5. The number of aromatic nitrogens is 1. The number of nitrogens with zero attached hydrogens (tertiary/aromatic N) is 2. The molecule has 0 saturated heterocycles. The molecular formula is C24H28Cl4N2O4. The van der Waals surface area contributed by atoms with E-state index in [-0.39, 0.29) is 11.1 Å². The number of hydrogen-bond donors (Lipinski definition) is 0. The van der Waals surface area contributed by atoms with Gasteiger partial charge in [0.1, 0.15) is 23.5 Å². The van der Waals surface area contributed by atoms with Crippen molar-refractivity contribution in [2.45, 2.75) is 39.0 Å². The summed E-state index contributed by atoms with van der Waals surface area (Å²) in [6.45, 7) is 3.93. The molecule has 0 bridgehead atoms. The van der Waals surface area contributed by atoms with E-state index in [9.17, 15) is 0 Å². The number of rotatable bonds is 16. The third kappa shape index (κ3) is 11.5. The molecule has 0 radical (unpaired) electrons. The molecule has 0 fully saturated rings. The van der Waals surface area contributed by atoms with Gasteiger partial charge in [-0.05, 0) is 30.9 Å². The SMILES string of the molecule is CCCCON=CCc1ccc(OCCCCOc2c(Cl)cc(OCC=C(Cl)Cl)cc2Cl)nc1. The van der Waals surface area contributed by atoms with Gasteiger partial charge in [0.15, 0.2) is 5.75 Å². The van der Waals surface area contributed by atoms with Crippen LogP contribution in [0.3, 0.4) is 0 Å². The molecule has 1 aromatic carbocycles. The fraction of sp³-hybridized carbons (Fsp3) is 0.417. The Bertz CT molecular complexity index is 897. The molecule has 34 heavy (non-hydrogen) atoms. The molecular weight excluding hydrogens is 522 g/mol. The van der Waals surface area contributed by atoms with E-state index in [0.29, 0.717) is 53.7 Å². The van der Waals surface area contributed by atoms with Crippen molar-refractivity contribution in [3.8, 4) is 17.4 Å². The third-order valence-corrected chi connectivity index (χ3v) is 5.23. The summed E-state index contributed by atoms with van der Waals surface area (Å²) in [5.74, 6) is 1.49. The summed E-state index contributed by atoms with van der Waals surface area (Å²) in [6, 6.07) is 7.06. The topological polar surface area (TPSA) is 62.2 Å². The molecule has 10 heteroatoms. The first-order chi connectivity index (χ1) is 16.5. The summed E-state index contributed by atoms with van der Waals surface area (Å²) in [5, 5.41) is 4.65. The van der Waals surface area contributed by atoms with Crippen LogP contribution in [0.1, 0.15) is 38.2 Å². The summed E-state index contributed by atoms with van der Waals surface area (Å²) < 4.78 is 17.0. The fourth-order valence-electron chi connectivity index (χ4n) is 2.59. The summed E-state index contributed by atoms with van der Waals surface area (Å²) in [5.41, 5.74) is 1.04. The van der Waals surface area contributed by atoms with E-state index in [1.165, 1.54) is 6.08 Å². The van der Waals surface area contributed by atoms with Crippen molar-refractivity contribution in [3.05, 3.63) is 56.6 Å². The van der Waals surface area contributed by atoms with Crippen LogP contribution in [0, 0.1) is 0 Å². The highest BCUT2D eigenvalue weighted by Gasteiger charge is 2.10. The number of hydrogen-bond acceptors (Lipinski definition) is 6. The van der Waals surface area contributed by atoms with Crippen LogP contribution in [0.2, 0.25) is 10.0 Å². The highest BCUT2D eigenvalue weighted by Crippen LogP contribution is 2.37. The summed E-state index contributed by atoms with van der Waals surface area (Å²) >= 11 is 23.6. The Hall–Kier alpha value is -1.86. The van der Waals surface area contributed by atoms with Crippen LogP contribution in [-0.2, 0) is 11.3 Å². The molecule has 0 saturated carbocycles. The van der Waals surface area contributed by atoms with Crippen LogP contribution in [0.15, 0.2) is 46.2 Å². The molecule has 2 rings (SSSR count). The lowest BCUT2D eigenvalue weighted by molar-refractivity contribution is 0.142. The molecule has 0 atom stereocenters. The largest absolute Gasteiger partial charge is 0.490 e. The average molecular weight is 550 g/mol. The van der Waals surface area contributed by atoms with Gasteiger partial charge in [0.05, 0.1) is 23.3 Å². The van der Waals surface area contributed by atoms with Gasteiger partial charge >= 0.3 is 0 Å². The van der Waals surface area contributed by atoms with Crippen molar-refractivity contribution >= 4 is 52.6 Å². The Morgan fingerprint density at radius 1 is 0.971 bits per heavy atom. The van der Waals surface area contributed by atoms with Crippen molar-refractivity contribution in [3.63, 3.8) is 0 Å². The Morgan fingerprint density at radius 3 is 2.35 bits per heavy atom. The highest BCUT2D eigenvalue weighted by molar-refractivity contribution is 6.55. The Kier molecular flexibility index (Phi) is 14.0. The van der Waals surface area contributed by atoms with Crippen molar-refractivity contribution in [1.82, 2.24) is 4.98 Å². The molecule has 0 N–H and O–H groups in total. The molecule has 0 aliphatic heterocycles. The maximum atomic E-state index is 6.26. The van der Waals surface area contributed by atoms with Crippen LogP contribution in [0.4, 0.5) is 0 Å². The minimum absolute atomic E-state index is 0.128. The second-order valence-electron chi connectivity index (χ2n) is 7.11. The summed E-state index contributed by atoms with van der Waals surface area (Å²) in [6.07, 6.45) is 9.33. The van der Waals surface area contributed by atoms with Crippen molar-refractivity contribution in [2.24, 2.45) is 5.16 Å². The second kappa shape index (κ2) is 16.7. The predicted octanol–water partition coefficient (Wildman–Crippen LogP) is 7.67. The van der Waals surface area contributed by atoms with Gasteiger partial charge in [-0.25, -0.2) is 4.98 Å². The van der Waals surface area contributed by atoms with E-state index in [1.54, 1.807) is 24.5 Å². The summed E-state index contributed by atoms with van der Waals surface area (Å²) in [7, 11) is 0. The number of unbranched alkanes of at least 4 members (excludes halogenated alkanes) is 2. The molecule has 0 aliphatic carbocycles. The van der Waals surface area contributed by atoms with Crippen LogP contribution < -0.4 is 14.2 Å². The first-order valence-electron chi connectivity index (χ1n) is 11.0.